The van der Waals surface area contributed by atoms with E-state index in [1.165, 1.54) is 19.2 Å². The van der Waals surface area contributed by atoms with Crippen LogP contribution >= 0.6 is 23.2 Å². The minimum absolute atomic E-state index is 0.0848. The molecular weight excluding hydrogens is 318 g/mol. The maximum absolute atomic E-state index is 14.3. The second-order valence-electron chi connectivity index (χ2n) is 4.14. The number of allylic oxidation sites excluding steroid dienone is 3. The van der Waals surface area contributed by atoms with Gasteiger partial charge >= 0.3 is 6.61 Å². The Labute approximate surface area is 122 Å². The van der Waals surface area contributed by atoms with Gasteiger partial charge in [0.1, 0.15) is 10.7 Å². The summed E-state index contributed by atoms with van der Waals surface area (Å²) in [5, 5.41) is 1.35. The molecule has 1 heterocycles. The smallest absolute Gasteiger partial charge is 0.388 e. The molecule has 0 radical (unpaired) electrons. The van der Waals surface area contributed by atoms with Crippen LogP contribution < -0.4 is 10.5 Å². The number of halogens is 5. The van der Waals surface area contributed by atoms with E-state index in [-0.39, 0.29) is 34.3 Å². The largest absolute Gasteiger partial charge is 0.416 e. The Bertz CT molecular complexity index is 596. The lowest BCUT2D eigenvalue weighted by Gasteiger charge is -2.22. The molecule has 1 atom stereocenters. The van der Waals surface area contributed by atoms with Crippen molar-refractivity contribution in [3.8, 4) is 5.88 Å². The van der Waals surface area contributed by atoms with Crippen molar-refractivity contribution < 1.29 is 17.9 Å². The molecule has 1 aliphatic rings. The molecule has 0 aliphatic heterocycles. The topological polar surface area (TPSA) is 53.1 Å². The van der Waals surface area contributed by atoms with E-state index >= 15 is 0 Å². The molecular formula is C11H10Cl2F3N3O. The van der Waals surface area contributed by atoms with Crippen LogP contribution in [-0.4, -0.2) is 21.5 Å². The number of aryl methyl sites for hydroxylation is 1. The molecule has 1 aromatic heterocycles. The van der Waals surface area contributed by atoms with Gasteiger partial charge in [-0.2, -0.15) is 13.9 Å². The predicted molar refractivity (Wildman–Crippen MR) is 69.4 cm³/mol. The van der Waals surface area contributed by atoms with Crippen LogP contribution in [0.25, 0.3) is 5.57 Å². The number of hydrogen-bond acceptors (Lipinski definition) is 3. The highest BCUT2D eigenvalue weighted by molar-refractivity contribution is 6.35. The van der Waals surface area contributed by atoms with Crippen LogP contribution in [0.1, 0.15) is 12.1 Å². The number of nitrogens with zero attached hydrogens (tertiary/aromatic N) is 2. The molecule has 0 saturated heterocycles. The molecule has 1 aliphatic carbocycles. The summed E-state index contributed by atoms with van der Waals surface area (Å²) in [7, 11) is 1.34. The third-order valence-corrected chi connectivity index (χ3v) is 3.39. The van der Waals surface area contributed by atoms with E-state index in [2.05, 4.69) is 9.84 Å². The number of nitrogens with two attached hydrogens (primary N) is 1. The molecule has 0 aromatic carbocycles. The Kier molecular flexibility index (Phi) is 3.93. The average molecular weight is 328 g/mol. The molecule has 1 aromatic rings. The minimum Gasteiger partial charge on any atom is -0.416 e. The zero-order valence-electron chi connectivity index (χ0n) is 10.2. The molecule has 20 heavy (non-hydrogen) atoms. The molecule has 2 rings (SSSR count). The number of ether oxygens (including phenoxy) is 1. The summed E-state index contributed by atoms with van der Waals surface area (Å²) in [6.07, 6.45) is 2.49. The molecule has 1 unspecified atom stereocenters. The molecule has 4 nitrogen and oxygen atoms in total. The third-order valence-electron chi connectivity index (χ3n) is 2.69. The zero-order valence-corrected chi connectivity index (χ0v) is 11.7. The van der Waals surface area contributed by atoms with Gasteiger partial charge in [-0.15, -0.1) is 0 Å². The normalized spacial score (nSPS) is 22.8. The average Bonchev–Trinajstić information content (AvgIpc) is 2.60. The molecule has 0 bridgehead atoms. The highest BCUT2D eigenvalue weighted by Crippen LogP contribution is 2.44. The molecule has 110 valence electrons. The van der Waals surface area contributed by atoms with Gasteiger partial charge in [-0.25, -0.2) is 9.07 Å². The third kappa shape index (κ3) is 2.73. The molecule has 0 amide bonds. The highest BCUT2D eigenvalue weighted by Gasteiger charge is 2.38. The van der Waals surface area contributed by atoms with Crippen molar-refractivity contribution in [3.05, 3.63) is 28.6 Å². The summed E-state index contributed by atoms with van der Waals surface area (Å²) < 4.78 is 44.1. The van der Waals surface area contributed by atoms with Crippen molar-refractivity contribution in [1.29, 1.82) is 0 Å². The summed E-state index contributed by atoms with van der Waals surface area (Å²) in [4.78, 5) is 0. The van der Waals surface area contributed by atoms with E-state index in [0.717, 1.165) is 4.68 Å². The van der Waals surface area contributed by atoms with Crippen molar-refractivity contribution in [3.63, 3.8) is 0 Å². The van der Waals surface area contributed by atoms with Gasteiger partial charge in [0, 0.05) is 24.7 Å². The van der Waals surface area contributed by atoms with Crippen molar-refractivity contribution in [2.45, 2.75) is 18.2 Å². The maximum Gasteiger partial charge on any atom is 0.388 e. The first-order chi connectivity index (χ1) is 9.22. The summed E-state index contributed by atoms with van der Waals surface area (Å²) in [5.41, 5.74) is 5.70. The summed E-state index contributed by atoms with van der Waals surface area (Å²) in [6, 6.07) is 0. The Morgan fingerprint density at radius 2 is 2.20 bits per heavy atom. The molecule has 0 fully saturated rings. The number of rotatable bonds is 3. The highest BCUT2D eigenvalue weighted by atomic mass is 35.5. The second kappa shape index (κ2) is 5.21. The Balaban J connectivity index is 2.51. The number of hydrogen-bond donors (Lipinski definition) is 1. The van der Waals surface area contributed by atoms with Gasteiger partial charge in [-0.1, -0.05) is 29.3 Å². The monoisotopic (exact) mass is 327 g/mol. The van der Waals surface area contributed by atoms with Gasteiger partial charge in [0.05, 0.1) is 0 Å². The maximum atomic E-state index is 14.3. The molecule has 9 heteroatoms. The van der Waals surface area contributed by atoms with Crippen LogP contribution in [0.2, 0.25) is 5.02 Å². The van der Waals surface area contributed by atoms with Gasteiger partial charge in [-0.05, 0) is 6.08 Å². The van der Waals surface area contributed by atoms with E-state index in [1.807, 2.05) is 0 Å². The lowest BCUT2D eigenvalue weighted by molar-refractivity contribution is -0.0552. The summed E-state index contributed by atoms with van der Waals surface area (Å²) in [5.74, 6) is -0.377. The summed E-state index contributed by atoms with van der Waals surface area (Å²) >= 11 is 11.7. The van der Waals surface area contributed by atoms with Crippen LogP contribution in [0, 0.1) is 0 Å². The SMILES string of the molecule is Cn1nc(C2=CC(N)=CCC2(F)Cl)c(Cl)c1OC(F)F. The minimum atomic E-state index is -3.08. The standard InChI is InChI=1S/C11H10Cl2F3N3O/c1-19-9(20-10(14)15)7(12)8(18-19)6-4-5(17)2-3-11(6,13)16/h2,4,10H,3,17H2,1H3. The van der Waals surface area contributed by atoms with E-state index in [4.69, 9.17) is 28.9 Å². The fourth-order valence-electron chi connectivity index (χ4n) is 1.80. The van der Waals surface area contributed by atoms with Gasteiger partial charge in [0.15, 0.2) is 0 Å². The van der Waals surface area contributed by atoms with Gasteiger partial charge in [0.25, 0.3) is 0 Å². The van der Waals surface area contributed by atoms with E-state index in [0.29, 0.717) is 0 Å². The van der Waals surface area contributed by atoms with Crippen molar-refractivity contribution in [2.75, 3.05) is 0 Å². The van der Waals surface area contributed by atoms with Gasteiger partial charge < -0.3 is 10.5 Å². The van der Waals surface area contributed by atoms with Crippen LogP contribution in [0.5, 0.6) is 5.88 Å². The Morgan fingerprint density at radius 3 is 2.80 bits per heavy atom. The first-order valence-electron chi connectivity index (χ1n) is 5.45. The van der Waals surface area contributed by atoms with Crippen LogP contribution in [-0.2, 0) is 7.05 Å². The lowest BCUT2D eigenvalue weighted by Crippen LogP contribution is -2.21. The molecule has 2 N–H and O–H groups in total. The van der Waals surface area contributed by atoms with Crippen molar-refractivity contribution >= 4 is 28.8 Å². The first kappa shape index (κ1) is 15.1. The Hall–Kier alpha value is -1.34. The van der Waals surface area contributed by atoms with E-state index in [1.54, 1.807) is 0 Å². The fourth-order valence-corrected chi connectivity index (χ4v) is 2.32. The van der Waals surface area contributed by atoms with E-state index < -0.39 is 11.7 Å². The zero-order chi connectivity index (χ0) is 15.1. The van der Waals surface area contributed by atoms with Crippen molar-refractivity contribution in [1.82, 2.24) is 9.78 Å². The second-order valence-corrected chi connectivity index (χ2v) is 5.12. The number of alkyl halides is 4. The molecule has 0 spiro atoms. The summed E-state index contributed by atoms with van der Waals surface area (Å²) in [6.45, 7) is -3.08. The number of aromatic nitrogens is 2. The fraction of sp³-hybridized carbons (Fsp3) is 0.364. The lowest BCUT2D eigenvalue weighted by atomic mass is 9.98. The van der Waals surface area contributed by atoms with Crippen LogP contribution in [0.4, 0.5) is 13.2 Å². The Morgan fingerprint density at radius 1 is 1.55 bits per heavy atom. The first-order valence-corrected chi connectivity index (χ1v) is 6.21. The van der Waals surface area contributed by atoms with Gasteiger partial charge in [0.2, 0.25) is 11.0 Å². The predicted octanol–water partition coefficient (Wildman–Crippen LogP) is 3.21. The van der Waals surface area contributed by atoms with Crippen molar-refractivity contribution in [2.24, 2.45) is 12.8 Å². The van der Waals surface area contributed by atoms with Crippen LogP contribution in [0.15, 0.2) is 17.8 Å². The quantitative estimate of drug-likeness (QED) is 0.867. The molecule has 0 saturated carbocycles. The van der Waals surface area contributed by atoms with E-state index in [9.17, 15) is 13.2 Å². The van der Waals surface area contributed by atoms with Gasteiger partial charge in [-0.3, -0.25) is 0 Å². The van der Waals surface area contributed by atoms with Crippen LogP contribution in [0.3, 0.4) is 0 Å².